The maximum atomic E-state index is 11.0. The summed E-state index contributed by atoms with van der Waals surface area (Å²) in [5, 5.41) is 28.6. The molecule has 0 aromatic rings. The lowest BCUT2D eigenvalue weighted by molar-refractivity contribution is -0.167. The Labute approximate surface area is 93.2 Å². The van der Waals surface area contributed by atoms with Gasteiger partial charge in [0.15, 0.2) is 5.60 Å². The SMILES string of the molecule is O=C(O)CC(O)(CC(=O)NCBr)C(=O)O. The highest BCUT2D eigenvalue weighted by atomic mass is 79.9. The molecule has 0 bridgehead atoms. The number of amides is 1. The fraction of sp³-hybridized carbons (Fsp3) is 0.571. The molecule has 1 atom stereocenters. The molecule has 0 rings (SSSR count). The van der Waals surface area contributed by atoms with Gasteiger partial charge in [-0.2, -0.15) is 0 Å². The third-order valence-corrected chi connectivity index (χ3v) is 1.84. The zero-order chi connectivity index (χ0) is 12.1. The van der Waals surface area contributed by atoms with Gasteiger partial charge in [0.25, 0.3) is 0 Å². The van der Waals surface area contributed by atoms with E-state index >= 15 is 0 Å². The van der Waals surface area contributed by atoms with E-state index in [1.807, 2.05) is 0 Å². The minimum absolute atomic E-state index is 0.0919. The first-order valence-electron chi connectivity index (χ1n) is 3.82. The van der Waals surface area contributed by atoms with Crippen molar-refractivity contribution in [2.75, 3.05) is 5.45 Å². The maximum absolute atomic E-state index is 11.0. The van der Waals surface area contributed by atoms with Crippen LogP contribution >= 0.6 is 15.9 Å². The molecular formula is C7H10BrNO6. The van der Waals surface area contributed by atoms with Crippen LogP contribution in [0.5, 0.6) is 0 Å². The summed E-state index contributed by atoms with van der Waals surface area (Å²) in [6.45, 7) is 0. The van der Waals surface area contributed by atoms with E-state index in [0.717, 1.165) is 0 Å². The fourth-order valence-electron chi connectivity index (χ4n) is 0.867. The molecule has 0 aromatic heterocycles. The molecule has 0 saturated carbocycles. The average molecular weight is 284 g/mol. The van der Waals surface area contributed by atoms with Gasteiger partial charge in [-0.1, -0.05) is 15.9 Å². The molecule has 0 aromatic carbocycles. The second kappa shape index (κ2) is 5.66. The minimum Gasteiger partial charge on any atom is -0.481 e. The Bertz CT molecular complexity index is 281. The lowest BCUT2D eigenvalue weighted by Gasteiger charge is -2.20. The molecule has 4 N–H and O–H groups in total. The third-order valence-electron chi connectivity index (χ3n) is 1.56. The number of aliphatic carboxylic acids is 2. The van der Waals surface area contributed by atoms with Crippen LogP contribution in [-0.4, -0.2) is 44.2 Å². The Morgan fingerprint density at radius 3 is 2.07 bits per heavy atom. The molecule has 0 saturated heterocycles. The number of nitrogens with one attached hydrogen (secondary N) is 1. The van der Waals surface area contributed by atoms with Crippen LogP contribution in [-0.2, 0) is 14.4 Å². The number of hydrogen-bond donors (Lipinski definition) is 4. The normalized spacial score (nSPS) is 14.0. The van der Waals surface area contributed by atoms with Gasteiger partial charge in [-0.3, -0.25) is 9.59 Å². The van der Waals surface area contributed by atoms with Gasteiger partial charge in [-0.25, -0.2) is 4.79 Å². The van der Waals surface area contributed by atoms with Gasteiger partial charge in [0, 0.05) is 0 Å². The van der Waals surface area contributed by atoms with Crippen LogP contribution in [0.3, 0.4) is 0 Å². The molecule has 0 fully saturated rings. The largest absolute Gasteiger partial charge is 0.481 e. The number of carboxylic acids is 2. The quantitative estimate of drug-likeness (QED) is 0.371. The Morgan fingerprint density at radius 2 is 1.73 bits per heavy atom. The highest BCUT2D eigenvalue weighted by Gasteiger charge is 2.40. The Hall–Kier alpha value is -1.15. The zero-order valence-electron chi connectivity index (χ0n) is 7.57. The Balaban J connectivity index is 4.58. The van der Waals surface area contributed by atoms with E-state index in [0.29, 0.717) is 0 Å². The summed E-state index contributed by atoms with van der Waals surface area (Å²) < 4.78 is 0. The van der Waals surface area contributed by atoms with Gasteiger partial charge < -0.3 is 20.6 Å². The van der Waals surface area contributed by atoms with Crippen LogP contribution in [0.15, 0.2) is 0 Å². The molecule has 86 valence electrons. The first-order chi connectivity index (χ1) is 6.81. The first kappa shape index (κ1) is 13.8. The van der Waals surface area contributed by atoms with Crippen LogP contribution in [0.25, 0.3) is 0 Å². The van der Waals surface area contributed by atoms with Crippen molar-refractivity contribution in [3.8, 4) is 0 Å². The monoisotopic (exact) mass is 283 g/mol. The molecule has 0 aliphatic carbocycles. The minimum atomic E-state index is -2.57. The third kappa shape index (κ3) is 4.75. The summed E-state index contributed by atoms with van der Waals surface area (Å²) in [5.74, 6) is -3.99. The van der Waals surface area contributed by atoms with Crippen molar-refractivity contribution in [3.63, 3.8) is 0 Å². The van der Waals surface area contributed by atoms with Crippen molar-refractivity contribution in [1.82, 2.24) is 5.32 Å². The number of rotatable bonds is 6. The zero-order valence-corrected chi connectivity index (χ0v) is 9.15. The van der Waals surface area contributed by atoms with E-state index in [2.05, 4.69) is 21.2 Å². The topological polar surface area (TPSA) is 124 Å². The summed E-state index contributed by atoms with van der Waals surface area (Å²) in [6.07, 6.45) is -1.84. The van der Waals surface area contributed by atoms with E-state index in [1.54, 1.807) is 0 Å². The van der Waals surface area contributed by atoms with Crippen molar-refractivity contribution in [3.05, 3.63) is 0 Å². The lowest BCUT2D eigenvalue weighted by Crippen LogP contribution is -2.45. The number of alkyl halides is 1. The highest BCUT2D eigenvalue weighted by Crippen LogP contribution is 2.15. The predicted octanol–water partition coefficient (Wildman–Crippen LogP) is -0.865. The van der Waals surface area contributed by atoms with Crippen LogP contribution < -0.4 is 5.32 Å². The van der Waals surface area contributed by atoms with E-state index < -0.39 is 36.3 Å². The maximum Gasteiger partial charge on any atom is 0.336 e. The van der Waals surface area contributed by atoms with Gasteiger partial charge in [-0.05, 0) is 0 Å². The van der Waals surface area contributed by atoms with Crippen LogP contribution in [0.2, 0.25) is 0 Å². The van der Waals surface area contributed by atoms with Crippen molar-refractivity contribution < 1.29 is 29.7 Å². The fourth-order valence-corrected chi connectivity index (χ4v) is 1.18. The number of aliphatic hydroxyl groups is 1. The summed E-state index contributed by atoms with van der Waals surface area (Å²) in [6, 6.07) is 0. The molecule has 7 nitrogen and oxygen atoms in total. The van der Waals surface area contributed by atoms with Gasteiger partial charge >= 0.3 is 11.9 Å². The van der Waals surface area contributed by atoms with Crippen molar-refractivity contribution >= 4 is 33.8 Å². The Morgan fingerprint density at radius 1 is 1.20 bits per heavy atom. The number of halogens is 1. The van der Waals surface area contributed by atoms with Gasteiger partial charge in [0.2, 0.25) is 5.91 Å². The highest BCUT2D eigenvalue weighted by molar-refractivity contribution is 9.09. The smallest absolute Gasteiger partial charge is 0.336 e. The molecule has 0 heterocycles. The Kier molecular flexibility index (Phi) is 5.23. The molecule has 0 aliphatic heterocycles. The van der Waals surface area contributed by atoms with Gasteiger partial charge in [0.1, 0.15) is 0 Å². The van der Waals surface area contributed by atoms with Crippen LogP contribution in [0.1, 0.15) is 12.8 Å². The average Bonchev–Trinajstić information content (AvgIpc) is 2.01. The second-order valence-electron chi connectivity index (χ2n) is 2.82. The lowest BCUT2D eigenvalue weighted by atomic mass is 9.95. The predicted molar refractivity (Wildman–Crippen MR) is 51.4 cm³/mol. The van der Waals surface area contributed by atoms with E-state index in [-0.39, 0.29) is 5.45 Å². The molecular weight excluding hydrogens is 274 g/mol. The van der Waals surface area contributed by atoms with Crippen molar-refractivity contribution in [2.45, 2.75) is 18.4 Å². The van der Waals surface area contributed by atoms with Crippen LogP contribution in [0, 0.1) is 0 Å². The second-order valence-corrected chi connectivity index (χ2v) is 3.38. The summed E-state index contributed by atoms with van der Waals surface area (Å²) >= 11 is 2.87. The number of hydrogen-bond acceptors (Lipinski definition) is 4. The standard InChI is InChI=1S/C7H10BrNO6/c8-3-9-4(10)1-7(15,6(13)14)2-5(11)12/h15H,1-3H2,(H,9,10)(H,11,12)(H,13,14). The van der Waals surface area contributed by atoms with Crippen molar-refractivity contribution in [1.29, 1.82) is 0 Å². The van der Waals surface area contributed by atoms with Gasteiger partial charge in [0.05, 0.1) is 18.3 Å². The summed E-state index contributed by atoms with van der Waals surface area (Å²) in [7, 11) is 0. The van der Waals surface area contributed by atoms with E-state index in [4.69, 9.17) is 10.2 Å². The number of carbonyl (C=O) groups excluding carboxylic acids is 1. The molecule has 15 heavy (non-hydrogen) atoms. The molecule has 1 unspecified atom stereocenters. The van der Waals surface area contributed by atoms with Crippen molar-refractivity contribution in [2.24, 2.45) is 0 Å². The van der Waals surface area contributed by atoms with E-state index in [1.165, 1.54) is 0 Å². The van der Waals surface area contributed by atoms with Gasteiger partial charge in [-0.15, -0.1) is 0 Å². The molecule has 1 amide bonds. The molecule has 0 spiro atoms. The van der Waals surface area contributed by atoms with E-state index in [9.17, 15) is 19.5 Å². The molecule has 0 radical (unpaired) electrons. The molecule has 0 aliphatic rings. The molecule has 8 heteroatoms. The number of carboxylic acid groups (broad SMARTS) is 2. The first-order valence-corrected chi connectivity index (χ1v) is 4.94. The number of carbonyl (C=O) groups is 3. The van der Waals surface area contributed by atoms with Crippen LogP contribution in [0.4, 0.5) is 0 Å². The summed E-state index contributed by atoms with van der Waals surface area (Å²) in [4.78, 5) is 31.9. The summed E-state index contributed by atoms with van der Waals surface area (Å²) in [5.41, 5.74) is -2.48.